The maximum absolute atomic E-state index is 12.5. The maximum atomic E-state index is 12.5. The number of hydrogen-bond acceptors (Lipinski definition) is 4. The highest BCUT2D eigenvalue weighted by atomic mass is 35.5. The van der Waals surface area contributed by atoms with E-state index < -0.39 is 10.0 Å². The molecule has 126 valence electrons. The lowest BCUT2D eigenvalue weighted by molar-refractivity contribution is -0.130. The average molecular weight is 358 g/mol. The lowest BCUT2D eigenvalue weighted by atomic mass is 10.0. The Labute approximate surface area is 141 Å². The normalized spacial score (nSPS) is 24.2. The average Bonchev–Trinajstić information content (AvgIpc) is 3.08. The van der Waals surface area contributed by atoms with Crippen LogP contribution in [0.25, 0.3) is 0 Å². The number of carbonyl (C=O) groups excluding carboxylic acids is 1. The molecule has 1 amide bonds. The second kappa shape index (κ2) is 6.39. The van der Waals surface area contributed by atoms with Gasteiger partial charge in [-0.1, -0.05) is 11.6 Å². The van der Waals surface area contributed by atoms with Crippen LogP contribution in [0.4, 0.5) is 0 Å². The molecule has 0 spiro atoms. The van der Waals surface area contributed by atoms with Crippen LogP contribution >= 0.6 is 11.6 Å². The molecule has 23 heavy (non-hydrogen) atoms. The van der Waals surface area contributed by atoms with Gasteiger partial charge in [0.25, 0.3) is 0 Å². The quantitative estimate of drug-likeness (QED) is 0.858. The Balaban J connectivity index is 1.65. The molecular formula is C15H20ClN3O3S. The number of hydrogen-bond donors (Lipinski definition) is 1. The molecular weight excluding hydrogens is 338 g/mol. The van der Waals surface area contributed by atoms with Gasteiger partial charge >= 0.3 is 0 Å². The van der Waals surface area contributed by atoms with Gasteiger partial charge in [-0.05, 0) is 36.1 Å². The zero-order chi connectivity index (χ0) is 16.6. The van der Waals surface area contributed by atoms with Crippen LogP contribution in [-0.2, 0) is 14.8 Å². The third-order valence-electron chi connectivity index (χ3n) is 4.62. The molecule has 8 heteroatoms. The van der Waals surface area contributed by atoms with E-state index >= 15 is 0 Å². The topological polar surface area (TPSA) is 69.7 Å². The first-order chi connectivity index (χ1) is 10.9. The highest BCUT2D eigenvalue weighted by Gasteiger charge is 2.38. The smallest absolute Gasteiger partial charge is 0.243 e. The van der Waals surface area contributed by atoms with E-state index in [9.17, 15) is 13.2 Å². The number of fused-ring (bicyclic) bond motifs is 1. The van der Waals surface area contributed by atoms with Crippen molar-refractivity contribution in [2.75, 3.05) is 39.8 Å². The van der Waals surface area contributed by atoms with Crippen LogP contribution in [0.1, 0.15) is 0 Å². The van der Waals surface area contributed by atoms with E-state index in [1.54, 1.807) is 4.90 Å². The lowest BCUT2D eigenvalue weighted by Gasteiger charge is -2.22. The molecule has 2 heterocycles. The Morgan fingerprint density at radius 1 is 1.26 bits per heavy atom. The first-order valence-corrected chi connectivity index (χ1v) is 9.40. The number of halogens is 1. The number of amides is 1. The summed E-state index contributed by atoms with van der Waals surface area (Å²) >= 11 is 5.78. The monoisotopic (exact) mass is 357 g/mol. The molecule has 0 aromatic heterocycles. The molecule has 1 N–H and O–H groups in total. The number of carbonyl (C=O) groups is 1. The first kappa shape index (κ1) is 16.7. The van der Waals surface area contributed by atoms with Crippen LogP contribution in [-0.4, -0.2) is 63.3 Å². The van der Waals surface area contributed by atoms with E-state index in [0.29, 0.717) is 29.9 Å². The van der Waals surface area contributed by atoms with Crippen LogP contribution in [0.2, 0.25) is 5.02 Å². The van der Waals surface area contributed by atoms with Gasteiger partial charge in [-0.15, -0.1) is 0 Å². The standard InChI is InChI=1S/C15H20ClN3O3S/c1-18(23(21,22)14-4-2-13(16)3-5-14)10-15(20)19-8-11-6-17-7-12(11)9-19/h2-5,11-12,17H,6-10H2,1H3/t11-,12+. The van der Waals surface area contributed by atoms with Crippen LogP contribution in [0.5, 0.6) is 0 Å². The Hall–Kier alpha value is -1.15. The van der Waals surface area contributed by atoms with Gasteiger partial charge in [-0.3, -0.25) is 4.79 Å². The van der Waals surface area contributed by atoms with E-state index in [1.807, 2.05) is 0 Å². The fourth-order valence-electron chi connectivity index (χ4n) is 3.22. The molecule has 2 saturated heterocycles. The van der Waals surface area contributed by atoms with Crippen molar-refractivity contribution in [2.24, 2.45) is 11.8 Å². The lowest BCUT2D eigenvalue weighted by Crippen LogP contribution is -2.41. The molecule has 2 aliphatic rings. The van der Waals surface area contributed by atoms with Crippen LogP contribution in [0.15, 0.2) is 29.2 Å². The second-order valence-electron chi connectivity index (χ2n) is 6.19. The summed E-state index contributed by atoms with van der Waals surface area (Å²) in [7, 11) is -2.25. The van der Waals surface area contributed by atoms with Crippen molar-refractivity contribution in [2.45, 2.75) is 4.90 Å². The first-order valence-electron chi connectivity index (χ1n) is 7.58. The Bertz CT molecular complexity index is 680. The summed E-state index contributed by atoms with van der Waals surface area (Å²) in [5.74, 6) is 0.855. The fraction of sp³-hybridized carbons (Fsp3) is 0.533. The van der Waals surface area contributed by atoms with Gasteiger partial charge < -0.3 is 10.2 Å². The van der Waals surface area contributed by atoms with E-state index in [2.05, 4.69) is 5.32 Å². The van der Waals surface area contributed by atoms with Crippen molar-refractivity contribution in [3.05, 3.63) is 29.3 Å². The summed E-state index contributed by atoms with van der Waals surface area (Å²) in [5.41, 5.74) is 0. The Morgan fingerprint density at radius 3 is 2.39 bits per heavy atom. The minimum atomic E-state index is -3.68. The van der Waals surface area contributed by atoms with Gasteiger partial charge in [-0.2, -0.15) is 4.31 Å². The Kier molecular flexibility index (Phi) is 4.64. The summed E-state index contributed by atoms with van der Waals surface area (Å²) in [4.78, 5) is 14.3. The number of benzene rings is 1. The summed E-state index contributed by atoms with van der Waals surface area (Å²) in [6, 6.07) is 5.95. The number of likely N-dealkylation sites (tertiary alicyclic amines) is 1. The number of nitrogens with one attached hydrogen (secondary N) is 1. The molecule has 0 radical (unpaired) electrons. The predicted molar refractivity (Wildman–Crippen MR) is 87.7 cm³/mol. The van der Waals surface area contributed by atoms with Crippen LogP contribution in [0.3, 0.4) is 0 Å². The molecule has 0 unspecified atom stereocenters. The number of likely N-dealkylation sites (N-methyl/N-ethyl adjacent to an activating group) is 1. The van der Waals surface area contributed by atoms with Crippen LogP contribution < -0.4 is 5.32 Å². The SMILES string of the molecule is CN(CC(=O)N1C[C@H]2CNC[C@H]2C1)S(=O)(=O)c1ccc(Cl)cc1. The van der Waals surface area contributed by atoms with E-state index in [-0.39, 0.29) is 17.3 Å². The molecule has 2 aliphatic heterocycles. The summed E-state index contributed by atoms with van der Waals surface area (Å²) in [5, 5.41) is 3.79. The minimum Gasteiger partial charge on any atom is -0.341 e. The third kappa shape index (κ3) is 3.38. The number of sulfonamides is 1. The highest BCUT2D eigenvalue weighted by molar-refractivity contribution is 7.89. The molecule has 3 rings (SSSR count). The van der Waals surface area contributed by atoms with Gasteiger partial charge in [0.15, 0.2) is 0 Å². The van der Waals surface area contributed by atoms with E-state index in [4.69, 9.17) is 11.6 Å². The maximum Gasteiger partial charge on any atom is 0.243 e. The number of nitrogens with zero attached hydrogens (tertiary/aromatic N) is 2. The van der Waals surface area contributed by atoms with Gasteiger partial charge in [0, 0.05) is 38.2 Å². The van der Waals surface area contributed by atoms with Crippen molar-refractivity contribution in [3.8, 4) is 0 Å². The van der Waals surface area contributed by atoms with Crippen molar-refractivity contribution in [3.63, 3.8) is 0 Å². The van der Waals surface area contributed by atoms with Crippen molar-refractivity contribution in [1.29, 1.82) is 0 Å². The van der Waals surface area contributed by atoms with Crippen molar-refractivity contribution < 1.29 is 13.2 Å². The summed E-state index contributed by atoms with van der Waals surface area (Å²) < 4.78 is 26.1. The molecule has 1 aromatic carbocycles. The molecule has 0 saturated carbocycles. The fourth-order valence-corrected chi connectivity index (χ4v) is 4.47. The summed E-state index contributed by atoms with van der Waals surface area (Å²) in [6.07, 6.45) is 0. The largest absolute Gasteiger partial charge is 0.341 e. The van der Waals surface area contributed by atoms with Crippen LogP contribution in [0, 0.1) is 11.8 Å². The molecule has 2 atom stereocenters. The zero-order valence-corrected chi connectivity index (χ0v) is 14.5. The molecule has 2 fully saturated rings. The Morgan fingerprint density at radius 2 is 1.83 bits per heavy atom. The summed E-state index contributed by atoms with van der Waals surface area (Å²) in [6.45, 7) is 3.16. The van der Waals surface area contributed by atoms with E-state index in [0.717, 1.165) is 17.4 Å². The van der Waals surface area contributed by atoms with Gasteiger partial charge in [0.05, 0.1) is 11.4 Å². The van der Waals surface area contributed by atoms with Crippen molar-refractivity contribution in [1.82, 2.24) is 14.5 Å². The molecule has 6 nitrogen and oxygen atoms in total. The minimum absolute atomic E-state index is 0.139. The molecule has 0 bridgehead atoms. The van der Waals surface area contributed by atoms with Gasteiger partial charge in [0.1, 0.15) is 0 Å². The number of rotatable bonds is 4. The van der Waals surface area contributed by atoms with Gasteiger partial charge in [-0.25, -0.2) is 8.42 Å². The van der Waals surface area contributed by atoms with Gasteiger partial charge in [0.2, 0.25) is 15.9 Å². The second-order valence-corrected chi connectivity index (χ2v) is 8.67. The molecule has 1 aromatic rings. The predicted octanol–water partition coefficient (Wildman–Crippen LogP) is 0.638. The van der Waals surface area contributed by atoms with Crippen molar-refractivity contribution >= 4 is 27.5 Å². The molecule has 0 aliphatic carbocycles. The van der Waals surface area contributed by atoms with E-state index in [1.165, 1.54) is 31.3 Å². The third-order valence-corrected chi connectivity index (χ3v) is 6.69. The highest BCUT2D eigenvalue weighted by Crippen LogP contribution is 2.26. The zero-order valence-electron chi connectivity index (χ0n) is 12.9.